The molecule has 6 nitrogen and oxygen atoms in total. The Balaban J connectivity index is 1.71. The SMILES string of the molecule is Cn1cc(CC(NN)C2COc3ccccc3O2)cn1. The third-order valence-electron chi connectivity index (χ3n) is 3.41. The Kier molecular flexibility index (Phi) is 3.58. The molecule has 20 heavy (non-hydrogen) atoms. The van der Waals surface area contributed by atoms with Crippen LogP contribution in [0.2, 0.25) is 0 Å². The first-order valence-corrected chi connectivity index (χ1v) is 6.58. The summed E-state index contributed by atoms with van der Waals surface area (Å²) >= 11 is 0. The molecule has 6 heteroatoms. The van der Waals surface area contributed by atoms with Crippen LogP contribution in [-0.4, -0.2) is 28.5 Å². The van der Waals surface area contributed by atoms with Gasteiger partial charge in [-0.05, 0) is 24.1 Å². The number of hydrogen-bond donors (Lipinski definition) is 2. The highest BCUT2D eigenvalue weighted by Crippen LogP contribution is 2.31. The fourth-order valence-electron chi connectivity index (χ4n) is 2.36. The number of nitrogens with two attached hydrogens (primary N) is 1. The van der Waals surface area contributed by atoms with Crippen molar-refractivity contribution in [3.63, 3.8) is 0 Å². The maximum Gasteiger partial charge on any atom is 0.161 e. The quantitative estimate of drug-likeness (QED) is 0.632. The Bertz CT molecular complexity index is 584. The van der Waals surface area contributed by atoms with Crippen molar-refractivity contribution < 1.29 is 9.47 Å². The molecule has 0 radical (unpaired) electrons. The molecule has 1 aliphatic rings. The second kappa shape index (κ2) is 5.52. The number of ether oxygens (including phenoxy) is 2. The summed E-state index contributed by atoms with van der Waals surface area (Å²) in [7, 11) is 1.89. The second-order valence-electron chi connectivity index (χ2n) is 4.91. The van der Waals surface area contributed by atoms with Crippen LogP contribution in [-0.2, 0) is 13.5 Å². The standard InChI is InChI=1S/C14H18N4O2/c1-18-8-10(7-16-18)6-11(17-15)14-9-19-12-4-2-3-5-13(12)20-14/h2-5,7-8,11,14,17H,6,9,15H2,1H3. The zero-order valence-corrected chi connectivity index (χ0v) is 11.3. The highest BCUT2D eigenvalue weighted by molar-refractivity contribution is 5.40. The van der Waals surface area contributed by atoms with Crippen molar-refractivity contribution >= 4 is 0 Å². The number of aromatic nitrogens is 2. The molecule has 0 amide bonds. The van der Waals surface area contributed by atoms with E-state index < -0.39 is 0 Å². The number of nitrogens with zero attached hydrogens (tertiary/aromatic N) is 2. The summed E-state index contributed by atoms with van der Waals surface area (Å²) in [6, 6.07) is 7.62. The molecule has 0 bridgehead atoms. The van der Waals surface area contributed by atoms with Gasteiger partial charge < -0.3 is 9.47 Å². The molecule has 0 aliphatic carbocycles. The number of fused-ring (bicyclic) bond motifs is 1. The van der Waals surface area contributed by atoms with Gasteiger partial charge in [-0.25, -0.2) is 0 Å². The van der Waals surface area contributed by atoms with E-state index in [2.05, 4.69) is 10.5 Å². The molecule has 0 saturated carbocycles. The fourth-order valence-corrected chi connectivity index (χ4v) is 2.36. The lowest BCUT2D eigenvalue weighted by atomic mass is 10.0. The highest BCUT2D eigenvalue weighted by atomic mass is 16.6. The Morgan fingerprint density at radius 3 is 2.95 bits per heavy atom. The fraction of sp³-hybridized carbons (Fsp3) is 0.357. The summed E-state index contributed by atoms with van der Waals surface area (Å²) < 4.78 is 13.5. The predicted molar refractivity (Wildman–Crippen MR) is 74.4 cm³/mol. The van der Waals surface area contributed by atoms with Crippen LogP contribution in [0.25, 0.3) is 0 Å². The van der Waals surface area contributed by atoms with Crippen LogP contribution in [0, 0.1) is 0 Å². The molecule has 2 atom stereocenters. The van der Waals surface area contributed by atoms with E-state index in [-0.39, 0.29) is 12.1 Å². The molecular formula is C14H18N4O2. The lowest BCUT2D eigenvalue weighted by Crippen LogP contribution is -2.51. The molecule has 2 aromatic rings. The average molecular weight is 274 g/mol. The summed E-state index contributed by atoms with van der Waals surface area (Å²) in [5.41, 5.74) is 3.93. The van der Waals surface area contributed by atoms with E-state index in [9.17, 15) is 0 Å². The van der Waals surface area contributed by atoms with E-state index in [1.165, 1.54) is 0 Å². The molecule has 0 fully saturated rings. The number of aryl methyl sites for hydroxylation is 1. The van der Waals surface area contributed by atoms with Crippen LogP contribution in [0.1, 0.15) is 5.56 Å². The summed E-state index contributed by atoms with van der Waals surface area (Å²) in [5, 5.41) is 4.16. The summed E-state index contributed by atoms with van der Waals surface area (Å²) in [4.78, 5) is 0. The highest BCUT2D eigenvalue weighted by Gasteiger charge is 2.28. The van der Waals surface area contributed by atoms with E-state index in [0.29, 0.717) is 6.61 Å². The van der Waals surface area contributed by atoms with Gasteiger partial charge in [0.25, 0.3) is 0 Å². The Morgan fingerprint density at radius 2 is 2.25 bits per heavy atom. The molecule has 0 saturated heterocycles. The van der Waals surface area contributed by atoms with Crippen molar-refractivity contribution in [2.45, 2.75) is 18.6 Å². The minimum atomic E-state index is -0.130. The van der Waals surface area contributed by atoms with Crippen molar-refractivity contribution in [2.24, 2.45) is 12.9 Å². The minimum Gasteiger partial charge on any atom is -0.486 e. The van der Waals surface area contributed by atoms with Gasteiger partial charge in [0.2, 0.25) is 0 Å². The lowest BCUT2D eigenvalue weighted by Gasteiger charge is -2.31. The molecule has 106 valence electrons. The van der Waals surface area contributed by atoms with E-state index in [4.69, 9.17) is 15.3 Å². The minimum absolute atomic E-state index is 0.0347. The zero-order chi connectivity index (χ0) is 13.9. The van der Waals surface area contributed by atoms with Crippen LogP contribution in [0.3, 0.4) is 0 Å². The van der Waals surface area contributed by atoms with E-state index >= 15 is 0 Å². The molecule has 2 heterocycles. The molecular weight excluding hydrogens is 256 g/mol. The van der Waals surface area contributed by atoms with Gasteiger partial charge in [-0.15, -0.1) is 0 Å². The monoisotopic (exact) mass is 274 g/mol. The number of rotatable bonds is 4. The van der Waals surface area contributed by atoms with Crippen molar-refractivity contribution in [3.8, 4) is 11.5 Å². The average Bonchev–Trinajstić information content (AvgIpc) is 2.89. The number of hydrogen-bond acceptors (Lipinski definition) is 5. The topological polar surface area (TPSA) is 74.3 Å². The number of para-hydroxylation sites is 2. The Labute approximate surface area is 117 Å². The zero-order valence-electron chi connectivity index (χ0n) is 11.3. The van der Waals surface area contributed by atoms with Gasteiger partial charge in [-0.3, -0.25) is 16.0 Å². The largest absolute Gasteiger partial charge is 0.486 e. The Hall–Kier alpha value is -2.05. The predicted octanol–water partition coefficient (Wildman–Crippen LogP) is 0.634. The maximum atomic E-state index is 5.97. The maximum absolute atomic E-state index is 5.97. The normalized spacial score (nSPS) is 18.8. The number of nitrogens with one attached hydrogen (secondary N) is 1. The van der Waals surface area contributed by atoms with Crippen LogP contribution >= 0.6 is 0 Å². The number of benzene rings is 1. The third kappa shape index (κ3) is 2.61. The molecule has 3 N–H and O–H groups in total. The number of hydrazine groups is 1. The van der Waals surface area contributed by atoms with Gasteiger partial charge in [-0.1, -0.05) is 12.1 Å². The first-order valence-electron chi connectivity index (χ1n) is 6.58. The molecule has 1 aromatic heterocycles. The van der Waals surface area contributed by atoms with Crippen LogP contribution in [0.15, 0.2) is 36.7 Å². The van der Waals surface area contributed by atoms with Gasteiger partial charge in [0.05, 0.1) is 12.2 Å². The molecule has 1 aliphatic heterocycles. The molecule has 3 rings (SSSR count). The summed E-state index contributed by atoms with van der Waals surface area (Å²) in [6.45, 7) is 0.478. The van der Waals surface area contributed by atoms with Crippen molar-refractivity contribution in [1.29, 1.82) is 0 Å². The molecule has 0 spiro atoms. The van der Waals surface area contributed by atoms with Crippen molar-refractivity contribution in [2.75, 3.05) is 6.61 Å². The smallest absolute Gasteiger partial charge is 0.161 e. The summed E-state index contributed by atoms with van der Waals surface area (Å²) in [5.74, 6) is 7.20. The van der Waals surface area contributed by atoms with Gasteiger partial charge in [0.15, 0.2) is 11.5 Å². The van der Waals surface area contributed by atoms with Crippen molar-refractivity contribution in [1.82, 2.24) is 15.2 Å². The van der Waals surface area contributed by atoms with E-state index in [1.54, 1.807) is 4.68 Å². The van der Waals surface area contributed by atoms with E-state index in [1.807, 2.05) is 43.7 Å². The van der Waals surface area contributed by atoms with Gasteiger partial charge in [0.1, 0.15) is 12.7 Å². The van der Waals surface area contributed by atoms with Crippen LogP contribution in [0.4, 0.5) is 0 Å². The van der Waals surface area contributed by atoms with Gasteiger partial charge in [0, 0.05) is 13.2 Å². The van der Waals surface area contributed by atoms with Crippen LogP contribution in [0.5, 0.6) is 11.5 Å². The lowest BCUT2D eigenvalue weighted by molar-refractivity contribution is 0.0620. The molecule has 1 aromatic carbocycles. The van der Waals surface area contributed by atoms with E-state index in [0.717, 1.165) is 23.5 Å². The second-order valence-corrected chi connectivity index (χ2v) is 4.91. The first-order chi connectivity index (χ1) is 9.76. The van der Waals surface area contributed by atoms with Gasteiger partial charge in [-0.2, -0.15) is 5.10 Å². The van der Waals surface area contributed by atoms with Crippen LogP contribution < -0.4 is 20.7 Å². The third-order valence-corrected chi connectivity index (χ3v) is 3.41. The van der Waals surface area contributed by atoms with Crippen molar-refractivity contribution in [3.05, 3.63) is 42.2 Å². The Morgan fingerprint density at radius 1 is 1.45 bits per heavy atom. The molecule has 2 unspecified atom stereocenters. The first kappa shape index (κ1) is 13.0. The summed E-state index contributed by atoms with van der Waals surface area (Å²) in [6.07, 6.45) is 4.42. The van der Waals surface area contributed by atoms with Gasteiger partial charge >= 0.3 is 0 Å².